The molecule has 100 valence electrons. The van der Waals surface area contributed by atoms with Crippen molar-refractivity contribution in [3.63, 3.8) is 0 Å². The summed E-state index contributed by atoms with van der Waals surface area (Å²) in [5.41, 5.74) is 0.960. The van der Waals surface area contributed by atoms with E-state index in [1.54, 1.807) is 37.3 Å². The molecule has 5 nitrogen and oxygen atoms in total. The third-order valence-electron chi connectivity index (χ3n) is 2.74. The van der Waals surface area contributed by atoms with Crippen molar-refractivity contribution < 1.29 is 9.66 Å². The molecule has 0 atom stereocenters. The van der Waals surface area contributed by atoms with Gasteiger partial charge in [-0.25, -0.2) is 0 Å². The van der Waals surface area contributed by atoms with Crippen LogP contribution in [-0.2, 0) is 0 Å². The van der Waals surface area contributed by atoms with E-state index in [0.29, 0.717) is 27.1 Å². The summed E-state index contributed by atoms with van der Waals surface area (Å²) in [4.78, 5) is 10.4. The van der Waals surface area contributed by atoms with Gasteiger partial charge in [-0.1, -0.05) is 6.07 Å². The Morgan fingerprint density at radius 1 is 1.35 bits per heavy atom. The molecule has 6 heteroatoms. The van der Waals surface area contributed by atoms with Crippen LogP contribution in [0.1, 0.15) is 11.1 Å². The fourth-order valence-corrected chi connectivity index (χ4v) is 2.13. The highest BCUT2D eigenvalue weighted by Gasteiger charge is 2.14. The van der Waals surface area contributed by atoms with Gasteiger partial charge in [0.2, 0.25) is 0 Å². The third kappa shape index (κ3) is 2.78. The lowest BCUT2D eigenvalue weighted by Gasteiger charge is -2.09. The summed E-state index contributed by atoms with van der Waals surface area (Å²) in [7, 11) is 0. The molecular formula is C14H9BrN2O3. The van der Waals surface area contributed by atoms with Crippen molar-refractivity contribution in [2.24, 2.45) is 0 Å². The molecule has 0 N–H and O–H groups in total. The zero-order chi connectivity index (χ0) is 14.7. The Bertz CT molecular complexity index is 723. The van der Waals surface area contributed by atoms with Gasteiger partial charge in [0.1, 0.15) is 17.6 Å². The number of benzene rings is 2. The fourth-order valence-electron chi connectivity index (χ4n) is 1.69. The van der Waals surface area contributed by atoms with E-state index >= 15 is 0 Å². The minimum Gasteiger partial charge on any atom is -0.457 e. The Morgan fingerprint density at radius 2 is 2.10 bits per heavy atom. The van der Waals surface area contributed by atoms with Crippen LogP contribution in [0, 0.1) is 28.4 Å². The lowest BCUT2D eigenvalue weighted by Crippen LogP contribution is -1.94. The molecule has 0 spiro atoms. The first-order chi connectivity index (χ1) is 9.52. The number of hydrogen-bond acceptors (Lipinski definition) is 4. The number of nitro groups is 1. The van der Waals surface area contributed by atoms with Gasteiger partial charge >= 0.3 is 0 Å². The molecule has 0 unspecified atom stereocenters. The second kappa shape index (κ2) is 5.72. The number of halogens is 1. The number of hydrogen-bond donors (Lipinski definition) is 0. The fraction of sp³-hybridized carbons (Fsp3) is 0.0714. The molecule has 0 aliphatic heterocycles. The van der Waals surface area contributed by atoms with Gasteiger partial charge in [0, 0.05) is 10.5 Å². The second-order valence-electron chi connectivity index (χ2n) is 4.01. The molecule has 2 aromatic carbocycles. The van der Waals surface area contributed by atoms with E-state index in [0.717, 1.165) is 0 Å². The largest absolute Gasteiger partial charge is 0.457 e. The molecule has 0 amide bonds. The number of ether oxygens (including phenoxy) is 1. The molecule has 0 aliphatic rings. The first-order valence-electron chi connectivity index (χ1n) is 5.64. The summed E-state index contributed by atoms with van der Waals surface area (Å²) < 4.78 is 6.25. The summed E-state index contributed by atoms with van der Waals surface area (Å²) in [5, 5.41) is 19.7. The van der Waals surface area contributed by atoms with Crippen LogP contribution < -0.4 is 4.74 Å². The zero-order valence-corrected chi connectivity index (χ0v) is 12.0. The topological polar surface area (TPSA) is 76.2 Å². The molecule has 0 aliphatic carbocycles. The predicted octanol–water partition coefficient (Wildman–Crippen LogP) is 4.33. The average molecular weight is 333 g/mol. The maximum atomic E-state index is 10.9. The summed E-state index contributed by atoms with van der Waals surface area (Å²) in [6, 6.07) is 11.6. The lowest BCUT2D eigenvalue weighted by molar-refractivity contribution is -0.385. The van der Waals surface area contributed by atoms with Crippen molar-refractivity contribution in [3.05, 3.63) is 62.1 Å². The zero-order valence-electron chi connectivity index (χ0n) is 10.5. The normalized spacial score (nSPS) is 9.85. The van der Waals surface area contributed by atoms with Gasteiger partial charge < -0.3 is 4.74 Å². The van der Waals surface area contributed by atoms with Gasteiger partial charge in [-0.05, 0) is 47.1 Å². The van der Waals surface area contributed by atoms with Crippen LogP contribution in [-0.4, -0.2) is 4.92 Å². The summed E-state index contributed by atoms with van der Waals surface area (Å²) in [6.07, 6.45) is 0. The molecular weight excluding hydrogens is 324 g/mol. The Labute approximate surface area is 123 Å². The van der Waals surface area contributed by atoms with Crippen LogP contribution in [0.3, 0.4) is 0 Å². The number of nitriles is 1. The highest BCUT2D eigenvalue weighted by molar-refractivity contribution is 9.10. The minimum atomic E-state index is -0.448. The highest BCUT2D eigenvalue weighted by atomic mass is 79.9. The van der Waals surface area contributed by atoms with Crippen molar-refractivity contribution in [2.45, 2.75) is 6.92 Å². The van der Waals surface area contributed by atoms with E-state index in [9.17, 15) is 10.1 Å². The van der Waals surface area contributed by atoms with Crippen LogP contribution >= 0.6 is 15.9 Å². The third-order valence-corrected chi connectivity index (χ3v) is 3.40. The van der Waals surface area contributed by atoms with Crippen LogP contribution in [0.15, 0.2) is 40.9 Å². The Balaban J connectivity index is 2.36. The Kier molecular flexibility index (Phi) is 4.01. The van der Waals surface area contributed by atoms with Crippen molar-refractivity contribution in [2.75, 3.05) is 0 Å². The lowest BCUT2D eigenvalue weighted by atomic mass is 10.2. The van der Waals surface area contributed by atoms with Gasteiger partial charge in [0.25, 0.3) is 5.69 Å². The van der Waals surface area contributed by atoms with E-state index in [4.69, 9.17) is 10.00 Å². The van der Waals surface area contributed by atoms with E-state index in [1.807, 2.05) is 6.07 Å². The molecule has 2 aromatic rings. The van der Waals surface area contributed by atoms with E-state index in [-0.39, 0.29) is 5.69 Å². The van der Waals surface area contributed by atoms with Crippen LogP contribution in [0.2, 0.25) is 0 Å². The number of nitrogens with zero attached hydrogens (tertiary/aromatic N) is 2. The van der Waals surface area contributed by atoms with Crippen molar-refractivity contribution in [1.29, 1.82) is 5.26 Å². The molecule has 2 rings (SSSR count). The molecule has 0 saturated heterocycles. The first kappa shape index (κ1) is 14.0. The monoisotopic (exact) mass is 332 g/mol. The molecule has 0 fully saturated rings. The Morgan fingerprint density at radius 3 is 2.70 bits per heavy atom. The summed E-state index contributed by atoms with van der Waals surface area (Å²) >= 11 is 3.27. The summed E-state index contributed by atoms with van der Waals surface area (Å²) in [5.74, 6) is 0.912. The molecule has 0 saturated carbocycles. The van der Waals surface area contributed by atoms with Crippen molar-refractivity contribution >= 4 is 21.6 Å². The van der Waals surface area contributed by atoms with E-state index in [1.165, 1.54) is 6.07 Å². The second-order valence-corrected chi connectivity index (χ2v) is 4.87. The maximum absolute atomic E-state index is 10.9. The quantitative estimate of drug-likeness (QED) is 0.619. The first-order valence-corrected chi connectivity index (χ1v) is 6.43. The average Bonchev–Trinajstić information content (AvgIpc) is 2.41. The molecule has 0 heterocycles. The molecule has 0 aromatic heterocycles. The van der Waals surface area contributed by atoms with Crippen molar-refractivity contribution in [3.8, 4) is 17.6 Å². The van der Waals surface area contributed by atoms with Crippen LogP contribution in [0.4, 0.5) is 5.69 Å². The molecule has 20 heavy (non-hydrogen) atoms. The molecule has 0 bridgehead atoms. The van der Waals surface area contributed by atoms with E-state index < -0.39 is 4.92 Å². The Hall–Kier alpha value is -2.39. The van der Waals surface area contributed by atoms with Crippen LogP contribution in [0.25, 0.3) is 0 Å². The van der Waals surface area contributed by atoms with Gasteiger partial charge in [-0.3, -0.25) is 10.1 Å². The predicted molar refractivity (Wildman–Crippen MR) is 76.8 cm³/mol. The van der Waals surface area contributed by atoms with Gasteiger partial charge in [0.05, 0.1) is 16.1 Å². The number of rotatable bonds is 3. The smallest absolute Gasteiger partial charge is 0.276 e. The van der Waals surface area contributed by atoms with Crippen molar-refractivity contribution in [1.82, 2.24) is 0 Å². The van der Waals surface area contributed by atoms with E-state index in [2.05, 4.69) is 15.9 Å². The maximum Gasteiger partial charge on any atom is 0.276 e. The van der Waals surface area contributed by atoms with Gasteiger partial charge in [-0.15, -0.1) is 0 Å². The van der Waals surface area contributed by atoms with Gasteiger partial charge in [-0.2, -0.15) is 5.26 Å². The summed E-state index contributed by atoms with van der Waals surface area (Å²) in [6.45, 7) is 1.63. The van der Waals surface area contributed by atoms with Gasteiger partial charge in [0.15, 0.2) is 0 Å². The molecule has 0 radical (unpaired) electrons. The minimum absolute atomic E-state index is 0.00945. The SMILES string of the molecule is Cc1c(Oc2ccc(C#N)c(Br)c2)cccc1[N+](=O)[O-]. The number of nitro benzene ring substituents is 1. The standard InChI is InChI=1S/C14H9BrN2O3/c1-9-13(17(18)19)3-2-4-14(9)20-11-6-5-10(8-16)12(15)7-11/h2-7H,1H3. The van der Waals surface area contributed by atoms with Crippen LogP contribution in [0.5, 0.6) is 11.5 Å². The highest BCUT2D eigenvalue weighted by Crippen LogP contribution is 2.32.